The number of ether oxygens (including phenoxy) is 1. The molecule has 35 heavy (non-hydrogen) atoms. The number of hydrogen-bond acceptors (Lipinski definition) is 5. The van der Waals surface area contributed by atoms with Gasteiger partial charge in [-0.05, 0) is 77.0 Å². The number of carbonyl (C=O) groups is 2. The van der Waals surface area contributed by atoms with Crippen LogP contribution in [-0.2, 0) is 16.6 Å². The lowest BCUT2D eigenvalue weighted by Crippen LogP contribution is -2.51. The monoisotopic (exact) mass is 495 g/mol. The number of nitrogens with one attached hydrogen (secondary N) is 2. The first-order valence-corrected chi connectivity index (χ1v) is 11.6. The molecular formula is C24H32F3N5O3. The van der Waals surface area contributed by atoms with Gasteiger partial charge in [-0.2, -0.15) is 18.3 Å². The third kappa shape index (κ3) is 6.95. The molecule has 192 valence electrons. The van der Waals surface area contributed by atoms with E-state index in [9.17, 15) is 22.8 Å². The Balaban J connectivity index is 1.74. The van der Waals surface area contributed by atoms with Crippen molar-refractivity contribution in [2.45, 2.75) is 71.2 Å². The Morgan fingerprint density at radius 3 is 2.26 bits per heavy atom. The van der Waals surface area contributed by atoms with E-state index in [0.717, 1.165) is 16.8 Å². The fraction of sp³-hybridized carbons (Fsp3) is 0.583. The molecule has 1 saturated carbocycles. The fourth-order valence-corrected chi connectivity index (χ4v) is 4.39. The standard InChI is InChI=1S/C24H32F3N5O3/c1-14-12-29-32(5)20(14)16-8-11-18(28-13-16)30-21(33)19(31-22(34)35-23(2,3)4)15-6-9-17(10-7-15)24(25,26)27/h8,11-13,15,17,19H,6-7,9-10H2,1-5H3,(H,31,34)(H,28,30,33). The number of hydrogen-bond donors (Lipinski definition) is 2. The van der Waals surface area contributed by atoms with Gasteiger partial charge in [-0.15, -0.1) is 0 Å². The number of alkyl carbamates (subject to hydrolysis) is 1. The van der Waals surface area contributed by atoms with Crippen molar-refractivity contribution >= 4 is 17.8 Å². The SMILES string of the molecule is Cc1cnn(C)c1-c1ccc(NC(=O)C(NC(=O)OC(C)(C)C)C2CCC(C(F)(F)F)CC2)nc1. The van der Waals surface area contributed by atoms with Crippen LogP contribution in [0.4, 0.5) is 23.8 Å². The largest absolute Gasteiger partial charge is 0.444 e. The van der Waals surface area contributed by atoms with Crippen LogP contribution in [-0.4, -0.2) is 44.6 Å². The highest BCUT2D eigenvalue weighted by Crippen LogP contribution is 2.40. The summed E-state index contributed by atoms with van der Waals surface area (Å²) in [6.07, 6.45) is -1.59. The summed E-state index contributed by atoms with van der Waals surface area (Å²) in [4.78, 5) is 29.9. The van der Waals surface area contributed by atoms with Crippen molar-refractivity contribution in [1.82, 2.24) is 20.1 Å². The van der Waals surface area contributed by atoms with Crippen molar-refractivity contribution in [3.63, 3.8) is 0 Å². The first-order valence-electron chi connectivity index (χ1n) is 11.6. The second-order valence-electron chi connectivity index (χ2n) is 10.00. The van der Waals surface area contributed by atoms with Crippen LogP contribution in [0.3, 0.4) is 0 Å². The van der Waals surface area contributed by atoms with Gasteiger partial charge in [-0.3, -0.25) is 9.48 Å². The maximum Gasteiger partial charge on any atom is 0.408 e. The Hall–Kier alpha value is -3.11. The average Bonchev–Trinajstić information content (AvgIpc) is 3.09. The summed E-state index contributed by atoms with van der Waals surface area (Å²) in [5.41, 5.74) is 1.89. The molecule has 0 bridgehead atoms. The molecule has 1 unspecified atom stereocenters. The minimum Gasteiger partial charge on any atom is -0.444 e. The predicted octanol–water partition coefficient (Wildman–Crippen LogP) is 4.99. The molecule has 2 heterocycles. The highest BCUT2D eigenvalue weighted by atomic mass is 19.4. The molecular weight excluding hydrogens is 463 g/mol. The molecule has 0 spiro atoms. The first-order chi connectivity index (χ1) is 16.2. The topological polar surface area (TPSA) is 98.1 Å². The summed E-state index contributed by atoms with van der Waals surface area (Å²) in [6, 6.07) is 2.36. The van der Waals surface area contributed by atoms with Crippen LogP contribution < -0.4 is 10.6 Å². The molecule has 2 aromatic heterocycles. The second-order valence-corrected chi connectivity index (χ2v) is 10.00. The van der Waals surface area contributed by atoms with Gasteiger partial charge in [0.2, 0.25) is 5.91 Å². The number of rotatable bonds is 5. The summed E-state index contributed by atoms with van der Waals surface area (Å²) in [5, 5.41) is 9.47. The van der Waals surface area contributed by atoms with E-state index in [4.69, 9.17) is 4.74 Å². The number of nitrogens with zero attached hydrogens (tertiary/aromatic N) is 3. The molecule has 8 nitrogen and oxygen atoms in total. The average molecular weight is 496 g/mol. The minimum absolute atomic E-state index is 0.0923. The summed E-state index contributed by atoms with van der Waals surface area (Å²) in [6.45, 7) is 6.99. The normalized spacial score (nSPS) is 19.7. The fourth-order valence-electron chi connectivity index (χ4n) is 4.39. The Morgan fingerprint density at radius 1 is 1.11 bits per heavy atom. The van der Waals surface area contributed by atoms with Gasteiger partial charge >= 0.3 is 12.3 Å². The summed E-state index contributed by atoms with van der Waals surface area (Å²) < 4.78 is 46.3. The van der Waals surface area contributed by atoms with Crippen molar-refractivity contribution in [1.29, 1.82) is 0 Å². The lowest BCUT2D eigenvalue weighted by molar-refractivity contribution is -0.184. The van der Waals surface area contributed by atoms with Crippen LogP contribution >= 0.6 is 0 Å². The minimum atomic E-state index is -4.26. The van der Waals surface area contributed by atoms with Crippen molar-refractivity contribution < 1.29 is 27.5 Å². The molecule has 11 heteroatoms. The Morgan fingerprint density at radius 2 is 1.77 bits per heavy atom. The number of carbonyl (C=O) groups excluding carboxylic acids is 2. The summed E-state index contributed by atoms with van der Waals surface area (Å²) in [5.74, 6) is -2.15. The second kappa shape index (κ2) is 10.2. The van der Waals surface area contributed by atoms with Gasteiger partial charge in [-0.25, -0.2) is 9.78 Å². The van der Waals surface area contributed by atoms with Gasteiger partial charge in [0.05, 0.1) is 17.8 Å². The van der Waals surface area contributed by atoms with E-state index in [0.29, 0.717) is 0 Å². The van der Waals surface area contributed by atoms with Crippen molar-refractivity contribution in [2.75, 3.05) is 5.32 Å². The molecule has 1 aliphatic carbocycles. The zero-order valence-corrected chi connectivity index (χ0v) is 20.6. The molecule has 2 N–H and O–H groups in total. The number of alkyl halides is 3. The number of aromatic nitrogens is 3. The van der Waals surface area contributed by atoms with E-state index >= 15 is 0 Å². The van der Waals surface area contributed by atoms with Gasteiger partial charge in [0.25, 0.3) is 0 Å². The number of amides is 2. The third-order valence-electron chi connectivity index (χ3n) is 6.07. The lowest BCUT2D eigenvalue weighted by Gasteiger charge is -2.34. The zero-order valence-electron chi connectivity index (χ0n) is 20.6. The smallest absolute Gasteiger partial charge is 0.408 e. The Bertz CT molecular complexity index is 1020. The quantitative estimate of drug-likeness (QED) is 0.609. The van der Waals surface area contributed by atoms with E-state index < -0.39 is 41.7 Å². The van der Waals surface area contributed by atoms with Crippen LogP contribution in [0.1, 0.15) is 52.0 Å². The highest BCUT2D eigenvalue weighted by molar-refractivity contribution is 5.96. The van der Waals surface area contributed by atoms with E-state index in [-0.39, 0.29) is 31.5 Å². The summed E-state index contributed by atoms with van der Waals surface area (Å²) >= 11 is 0. The van der Waals surface area contributed by atoms with E-state index in [2.05, 4.69) is 20.7 Å². The van der Waals surface area contributed by atoms with Crippen LogP contribution in [0.15, 0.2) is 24.5 Å². The van der Waals surface area contributed by atoms with Crippen LogP contribution in [0.2, 0.25) is 0 Å². The van der Waals surface area contributed by atoms with Crippen LogP contribution in [0.25, 0.3) is 11.3 Å². The molecule has 3 rings (SSSR count). The third-order valence-corrected chi connectivity index (χ3v) is 6.07. The molecule has 1 fully saturated rings. The predicted molar refractivity (Wildman–Crippen MR) is 124 cm³/mol. The van der Waals surface area contributed by atoms with Crippen molar-refractivity contribution in [2.24, 2.45) is 18.9 Å². The van der Waals surface area contributed by atoms with E-state index in [1.54, 1.807) is 50.0 Å². The van der Waals surface area contributed by atoms with Crippen molar-refractivity contribution in [3.8, 4) is 11.3 Å². The van der Waals surface area contributed by atoms with Gasteiger partial charge in [0, 0.05) is 18.8 Å². The Labute approximate surface area is 202 Å². The van der Waals surface area contributed by atoms with Gasteiger partial charge in [0.1, 0.15) is 17.5 Å². The van der Waals surface area contributed by atoms with Crippen LogP contribution in [0.5, 0.6) is 0 Å². The molecule has 0 aromatic carbocycles. The molecule has 2 aromatic rings. The molecule has 2 amide bonds. The number of pyridine rings is 1. The van der Waals surface area contributed by atoms with Gasteiger partial charge < -0.3 is 15.4 Å². The number of halogens is 3. The zero-order chi connectivity index (χ0) is 26.0. The molecule has 1 atom stereocenters. The maximum atomic E-state index is 13.2. The first kappa shape index (κ1) is 26.5. The lowest BCUT2D eigenvalue weighted by atomic mass is 9.78. The van der Waals surface area contributed by atoms with E-state index in [1.165, 1.54) is 0 Å². The van der Waals surface area contributed by atoms with E-state index in [1.807, 2.05) is 14.0 Å². The molecule has 0 radical (unpaired) electrons. The summed E-state index contributed by atoms with van der Waals surface area (Å²) in [7, 11) is 1.82. The van der Waals surface area contributed by atoms with Crippen molar-refractivity contribution in [3.05, 3.63) is 30.1 Å². The molecule has 0 aliphatic heterocycles. The molecule has 0 saturated heterocycles. The Kier molecular flexibility index (Phi) is 7.76. The maximum absolute atomic E-state index is 13.2. The number of anilines is 1. The number of aryl methyl sites for hydroxylation is 2. The van der Waals surface area contributed by atoms with Gasteiger partial charge in [-0.1, -0.05) is 0 Å². The van der Waals surface area contributed by atoms with Gasteiger partial charge in [0.15, 0.2) is 0 Å². The molecule has 1 aliphatic rings. The highest BCUT2D eigenvalue weighted by Gasteiger charge is 2.44. The van der Waals surface area contributed by atoms with Crippen LogP contribution in [0, 0.1) is 18.8 Å².